The van der Waals surface area contributed by atoms with E-state index in [9.17, 15) is 23.1 Å². The normalized spacial score (nSPS) is 13.4. The molecule has 0 bridgehead atoms. The number of carbonyl (C=O) groups is 1. The fraction of sp³-hybridized carbons (Fsp3) is 0.357. The molecule has 1 atom stereocenters. The van der Waals surface area contributed by atoms with Crippen molar-refractivity contribution in [2.75, 3.05) is 13.1 Å². The summed E-state index contributed by atoms with van der Waals surface area (Å²) in [4.78, 5) is 11.5. The van der Waals surface area contributed by atoms with Gasteiger partial charge in [-0.1, -0.05) is 30.4 Å². The van der Waals surface area contributed by atoms with E-state index in [4.69, 9.17) is 5.73 Å². The molecule has 116 valence electrons. The van der Waals surface area contributed by atoms with Crippen LogP contribution in [-0.4, -0.2) is 30.2 Å². The summed E-state index contributed by atoms with van der Waals surface area (Å²) in [6.07, 6.45) is -2.78. The predicted molar refractivity (Wildman–Crippen MR) is 72.4 cm³/mol. The number of hydrogen-bond donors (Lipinski definition) is 3. The lowest BCUT2D eigenvalue weighted by Crippen LogP contribution is -2.36. The van der Waals surface area contributed by atoms with Crippen LogP contribution in [0.4, 0.5) is 13.2 Å². The lowest BCUT2D eigenvalue weighted by molar-refractivity contribution is -0.137. The molecule has 4 N–H and O–H groups in total. The van der Waals surface area contributed by atoms with Crippen LogP contribution in [0.2, 0.25) is 0 Å². The lowest BCUT2D eigenvalue weighted by Gasteiger charge is -2.12. The minimum Gasteiger partial charge on any atom is -0.383 e. The van der Waals surface area contributed by atoms with Gasteiger partial charge in [0.25, 0.3) is 0 Å². The van der Waals surface area contributed by atoms with Crippen LogP contribution < -0.4 is 11.1 Å². The van der Waals surface area contributed by atoms with Crippen LogP contribution in [0.1, 0.15) is 11.1 Å². The Morgan fingerprint density at radius 2 is 2.10 bits per heavy atom. The zero-order valence-corrected chi connectivity index (χ0v) is 11.2. The molecule has 0 spiro atoms. The maximum atomic E-state index is 12.5. The van der Waals surface area contributed by atoms with Crippen molar-refractivity contribution < 1.29 is 23.1 Å². The second kappa shape index (κ2) is 7.80. The Labute approximate surface area is 120 Å². The highest BCUT2D eigenvalue weighted by Gasteiger charge is 2.30. The third kappa shape index (κ3) is 5.97. The molecule has 1 amide bonds. The van der Waals surface area contributed by atoms with Gasteiger partial charge in [0.1, 0.15) is 6.10 Å². The molecule has 0 heterocycles. The molecule has 7 heteroatoms. The third-order valence-electron chi connectivity index (χ3n) is 2.68. The number of alkyl halides is 3. The first-order valence-corrected chi connectivity index (χ1v) is 6.31. The SMILES string of the molecule is NC/C=C/CNC(=O)C(O)Cc1cccc(C(F)(F)F)c1. The fourth-order valence-corrected chi connectivity index (χ4v) is 1.65. The largest absolute Gasteiger partial charge is 0.416 e. The van der Waals surface area contributed by atoms with Gasteiger partial charge in [0.05, 0.1) is 5.56 Å². The number of amides is 1. The summed E-state index contributed by atoms with van der Waals surface area (Å²) in [7, 11) is 0. The molecule has 1 aromatic rings. The van der Waals surface area contributed by atoms with Gasteiger partial charge in [-0.05, 0) is 11.6 Å². The second-order valence-electron chi connectivity index (χ2n) is 4.37. The van der Waals surface area contributed by atoms with Crippen molar-refractivity contribution in [1.82, 2.24) is 5.32 Å². The second-order valence-corrected chi connectivity index (χ2v) is 4.37. The molecule has 0 aliphatic rings. The highest BCUT2D eigenvalue weighted by molar-refractivity contribution is 5.80. The lowest BCUT2D eigenvalue weighted by atomic mass is 10.0. The van der Waals surface area contributed by atoms with Crippen LogP contribution in [0, 0.1) is 0 Å². The van der Waals surface area contributed by atoms with Crippen LogP contribution in [0.3, 0.4) is 0 Å². The zero-order valence-electron chi connectivity index (χ0n) is 11.2. The zero-order chi connectivity index (χ0) is 15.9. The number of nitrogens with one attached hydrogen (secondary N) is 1. The van der Waals surface area contributed by atoms with Gasteiger partial charge in [-0.2, -0.15) is 13.2 Å². The third-order valence-corrected chi connectivity index (χ3v) is 2.68. The molecule has 0 aliphatic carbocycles. The Morgan fingerprint density at radius 1 is 1.38 bits per heavy atom. The van der Waals surface area contributed by atoms with Crippen LogP contribution >= 0.6 is 0 Å². The molecule has 21 heavy (non-hydrogen) atoms. The first-order chi connectivity index (χ1) is 9.84. The maximum Gasteiger partial charge on any atom is 0.416 e. The molecule has 0 saturated heterocycles. The van der Waals surface area contributed by atoms with E-state index >= 15 is 0 Å². The standard InChI is InChI=1S/C14H17F3N2O2/c15-14(16,17)11-5-3-4-10(8-11)9-12(20)13(21)19-7-2-1-6-18/h1-5,8,12,20H,6-7,9,18H2,(H,19,21)/b2-1+. The van der Waals surface area contributed by atoms with Gasteiger partial charge in [-0.25, -0.2) is 0 Å². The number of aliphatic hydroxyl groups excluding tert-OH is 1. The van der Waals surface area contributed by atoms with Crippen molar-refractivity contribution in [3.63, 3.8) is 0 Å². The molecule has 0 aliphatic heterocycles. The van der Waals surface area contributed by atoms with Crippen molar-refractivity contribution in [2.24, 2.45) is 5.73 Å². The van der Waals surface area contributed by atoms with Crippen molar-refractivity contribution >= 4 is 5.91 Å². The Balaban J connectivity index is 2.60. The summed E-state index contributed by atoms with van der Waals surface area (Å²) in [6, 6.07) is 4.53. The Bertz CT molecular complexity index is 501. The maximum absolute atomic E-state index is 12.5. The van der Waals surface area contributed by atoms with Crippen LogP contribution in [0.15, 0.2) is 36.4 Å². The van der Waals surface area contributed by atoms with E-state index in [0.717, 1.165) is 12.1 Å². The quantitative estimate of drug-likeness (QED) is 0.692. The number of aliphatic hydroxyl groups is 1. The number of rotatable bonds is 6. The van der Waals surface area contributed by atoms with E-state index < -0.39 is 23.8 Å². The van der Waals surface area contributed by atoms with Crippen molar-refractivity contribution in [3.8, 4) is 0 Å². The molecule has 0 fully saturated rings. The van der Waals surface area contributed by atoms with E-state index in [1.54, 1.807) is 12.2 Å². The summed E-state index contributed by atoms with van der Waals surface area (Å²) >= 11 is 0. The van der Waals surface area contributed by atoms with Gasteiger partial charge in [-0.3, -0.25) is 4.79 Å². The number of nitrogens with two attached hydrogens (primary N) is 1. The van der Waals surface area contributed by atoms with E-state index in [-0.39, 0.29) is 18.5 Å². The molecule has 0 aromatic heterocycles. The average Bonchev–Trinajstić information content (AvgIpc) is 2.42. The minimum atomic E-state index is -4.45. The summed E-state index contributed by atoms with van der Waals surface area (Å²) in [5.74, 6) is -0.644. The van der Waals surface area contributed by atoms with E-state index in [2.05, 4.69) is 5.32 Å². The highest BCUT2D eigenvalue weighted by atomic mass is 19.4. The van der Waals surface area contributed by atoms with E-state index in [1.165, 1.54) is 12.1 Å². The van der Waals surface area contributed by atoms with Gasteiger partial charge < -0.3 is 16.2 Å². The van der Waals surface area contributed by atoms with Crippen molar-refractivity contribution in [3.05, 3.63) is 47.5 Å². The number of hydrogen-bond acceptors (Lipinski definition) is 3. The Kier molecular flexibility index (Phi) is 6.39. The van der Waals surface area contributed by atoms with Crippen LogP contribution in [-0.2, 0) is 17.4 Å². The molecular weight excluding hydrogens is 285 g/mol. The van der Waals surface area contributed by atoms with Crippen molar-refractivity contribution in [2.45, 2.75) is 18.7 Å². The van der Waals surface area contributed by atoms with E-state index in [0.29, 0.717) is 6.54 Å². The van der Waals surface area contributed by atoms with Gasteiger partial charge in [0, 0.05) is 19.5 Å². The monoisotopic (exact) mass is 302 g/mol. The number of benzene rings is 1. The predicted octanol–water partition coefficient (Wildman–Crippen LogP) is 1.24. The first kappa shape index (κ1) is 17.2. The van der Waals surface area contributed by atoms with Gasteiger partial charge >= 0.3 is 6.18 Å². The summed E-state index contributed by atoms with van der Waals surface area (Å²) in [5, 5.41) is 12.1. The molecule has 0 radical (unpaired) electrons. The smallest absolute Gasteiger partial charge is 0.383 e. The Hall–Kier alpha value is -1.86. The number of halogens is 3. The van der Waals surface area contributed by atoms with Gasteiger partial charge in [-0.15, -0.1) is 0 Å². The molecule has 1 rings (SSSR count). The van der Waals surface area contributed by atoms with Gasteiger partial charge in [0.15, 0.2) is 0 Å². The number of carbonyl (C=O) groups excluding carboxylic acids is 1. The van der Waals surface area contributed by atoms with Gasteiger partial charge in [0.2, 0.25) is 5.91 Å². The van der Waals surface area contributed by atoms with Crippen molar-refractivity contribution in [1.29, 1.82) is 0 Å². The summed E-state index contributed by atoms with van der Waals surface area (Å²) < 4.78 is 37.6. The molecule has 4 nitrogen and oxygen atoms in total. The fourth-order valence-electron chi connectivity index (χ4n) is 1.65. The molecular formula is C14H17F3N2O2. The summed E-state index contributed by atoms with van der Waals surface area (Å²) in [6.45, 7) is 0.540. The minimum absolute atomic E-state index is 0.184. The van der Waals surface area contributed by atoms with E-state index in [1.807, 2.05) is 0 Å². The molecule has 1 unspecified atom stereocenters. The molecule has 1 aromatic carbocycles. The highest BCUT2D eigenvalue weighted by Crippen LogP contribution is 2.29. The van der Waals surface area contributed by atoms with Crippen LogP contribution in [0.5, 0.6) is 0 Å². The first-order valence-electron chi connectivity index (χ1n) is 6.31. The summed E-state index contributed by atoms with van der Waals surface area (Å²) in [5.41, 5.74) is 4.65. The van der Waals surface area contributed by atoms with Crippen LogP contribution in [0.25, 0.3) is 0 Å². The molecule has 0 saturated carbocycles. The topological polar surface area (TPSA) is 75.3 Å². The Morgan fingerprint density at radius 3 is 2.71 bits per heavy atom. The average molecular weight is 302 g/mol.